The van der Waals surface area contributed by atoms with E-state index in [1.807, 2.05) is 0 Å². The molecule has 1 aromatic carbocycles. The number of halogens is 1. The lowest BCUT2D eigenvalue weighted by molar-refractivity contribution is -0.120. The summed E-state index contributed by atoms with van der Waals surface area (Å²) in [7, 11) is 0. The van der Waals surface area contributed by atoms with Crippen molar-refractivity contribution in [3.63, 3.8) is 0 Å². The Labute approximate surface area is 98.1 Å². The molecule has 1 aliphatic rings. The van der Waals surface area contributed by atoms with Gasteiger partial charge in [0.25, 0.3) is 6.47 Å². The SMILES string of the molecule is O=COc1ccccc1OCC1OC1CCl. The van der Waals surface area contributed by atoms with E-state index in [9.17, 15) is 4.79 Å². The van der Waals surface area contributed by atoms with Gasteiger partial charge in [-0.2, -0.15) is 0 Å². The van der Waals surface area contributed by atoms with Gasteiger partial charge in [0.05, 0.1) is 5.88 Å². The van der Waals surface area contributed by atoms with Gasteiger partial charge < -0.3 is 14.2 Å². The first kappa shape index (κ1) is 11.2. The second kappa shape index (κ2) is 5.18. The monoisotopic (exact) mass is 242 g/mol. The second-order valence-electron chi connectivity index (χ2n) is 3.34. The fourth-order valence-corrected chi connectivity index (χ4v) is 1.62. The third kappa shape index (κ3) is 2.65. The molecule has 0 bridgehead atoms. The van der Waals surface area contributed by atoms with Crippen LogP contribution in [0.25, 0.3) is 0 Å². The highest BCUT2D eigenvalue weighted by Gasteiger charge is 2.38. The number of para-hydroxylation sites is 2. The van der Waals surface area contributed by atoms with Gasteiger partial charge >= 0.3 is 0 Å². The molecule has 4 nitrogen and oxygen atoms in total. The minimum atomic E-state index is 0.0433. The summed E-state index contributed by atoms with van der Waals surface area (Å²) in [6.45, 7) is 0.786. The van der Waals surface area contributed by atoms with Crippen molar-refractivity contribution in [1.82, 2.24) is 0 Å². The number of carbonyl (C=O) groups is 1. The maximum absolute atomic E-state index is 10.3. The number of benzene rings is 1. The first-order valence-electron chi connectivity index (χ1n) is 4.88. The molecule has 1 saturated heterocycles. The van der Waals surface area contributed by atoms with Gasteiger partial charge in [-0.3, -0.25) is 4.79 Å². The zero-order valence-electron chi connectivity index (χ0n) is 8.47. The van der Waals surface area contributed by atoms with Crippen molar-refractivity contribution in [3.05, 3.63) is 24.3 Å². The number of epoxide rings is 1. The minimum absolute atomic E-state index is 0.0433. The Morgan fingerprint density at radius 3 is 2.69 bits per heavy atom. The highest BCUT2D eigenvalue weighted by atomic mass is 35.5. The van der Waals surface area contributed by atoms with Crippen molar-refractivity contribution in [1.29, 1.82) is 0 Å². The molecule has 0 radical (unpaired) electrons. The Balaban J connectivity index is 1.90. The third-order valence-corrected chi connectivity index (χ3v) is 2.57. The lowest BCUT2D eigenvalue weighted by atomic mass is 10.3. The van der Waals surface area contributed by atoms with Crippen LogP contribution in [0, 0.1) is 0 Å². The third-order valence-electron chi connectivity index (χ3n) is 2.27. The smallest absolute Gasteiger partial charge is 0.298 e. The van der Waals surface area contributed by atoms with Crippen molar-refractivity contribution in [2.45, 2.75) is 12.2 Å². The molecule has 1 aliphatic heterocycles. The standard InChI is InChI=1S/C11H11ClO4/c12-5-10-11(16-10)6-14-8-3-1-2-4-9(8)15-7-13/h1-4,7,10-11H,5-6H2. The summed E-state index contributed by atoms with van der Waals surface area (Å²) in [5.41, 5.74) is 0. The van der Waals surface area contributed by atoms with Crippen molar-refractivity contribution in [3.8, 4) is 11.5 Å². The Morgan fingerprint density at radius 1 is 1.31 bits per heavy atom. The van der Waals surface area contributed by atoms with Crippen LogP contribution in [-0.4, -0.2) is 31.2 Å². The number of hydrogen-bond donors (Lipinski definition) is 0. The Bertz CT molecular complexity index is 369. The summed E-state index contributed by atoms with van der Waals surface area (Å²) in [5, 5.41) is 0. The molecule has 1 heterocycles. The number of ether oxygens (including phenoxy) is 3. The van der Waals surface area contributed by atoms with Crippen LogP contribution in [0.2, 0.25) is 0 Å². The summed E-state index contributed by atoms with van der Waals surface area (Å²) in [6, 6.07) is 6.97. The van der Waals surface area contributed by atoms with Gasteiger partial charge in [0, 0.05) is 0 Å². The molecule has 0 amide bonds. The van der Waals surface area contributed by atoms with Crippen molar-refractivity contribution in [2.75, 3.05) is 12.5 Å². The van der Waals surface area contributed by atoms with Crippen LogP contribution in [0.1, 0.15) is 0 Å². The van der Waals surface area contributed by atoms with Crippen LogP contribution in [-0.2, 0) is 9.53 Å². The summed E-state index contributed by atoms with van der Waals surface area (Å²) in [6.07, 6.45) is 0.127. The highest BCUT2D eigenvalue weighted by molar-refractivity contribution is 6.18. The lowest BCUT2D eigenvalue weighted by Gasteiger charge is -2.07. The van der Waals surface area contributed by atoms with E-state index in [0.29, 0.717) is 30.5 Å². The molecule has 86 valence electrons. The molecular weight excluding hydrogens is 232 g/mol. The quantitative estimate of drug-likeness (QED) is 0.432. The van der Waals surface area contributed by atoms with E-state index in [4.69, 9.17) is 25.8 Å². The van der Waals surface area contributed by atoms with Crippen LogP contribution in [0.3, 0.4) is 0 Å². The molecule has 1 aromatic rings. The molecule has 0 saturated carbocycles. The van der Waals surface area contributed by atoms with Crippen LogP contribution >= 0.6 is 11.6 Å². The van der Waals surface area contributed by atoms with Gasteiger partial charge in [-0.05, 0) is 12.1 Å². The second-order valence-corrected chi connectivity index (χ2v) is 3.65. The predicted molar refractivity (Wildman–Crippen MR) is 58.0 cm³/mol. The Morgan fingerprint density at radius 2 is 2.06 bits per heavy atom. The molecular formula is C11H11ClO4. The average molecular weight is 243 g/mol. The summed E-state index contributed by atoms with van der Waals surface area (Å²) in [5.74, 6) is 1.40. The van der Waals surface area contributed by atoms with Crippen molar-refractivity contribution in [2.24, 2.45) is 0 Å². The topological polar surface area (TPSA) is 48.1 Å². The maximum atomic E-state index is 10.3. The van der Waals surface area contributed by atoms with Crippen LogP contribution in [0.5, 0.6) is 11.5 Å². The predicted octanol–water partition coefficient (Wildman–Crippen LogP) is 1.61. The van der Waals surface area contributed by atoms with Gasteiger partial charge in [0.1, 0.15) is 18.8 Å². The molecule has 1 fully saturated rings. The molecule has 5 heteroatoms. The highest BCUT2D eigenvalue weighted by Crippen LogP contribution is 2.29. The Kier molecular flexibility index (Phi) is 3.64. The molecule has 0 aliphatic carbocycles. The first-order chi connectivity index (χ1) is 7.85. The maximum Gasteiger partial charge on any atom is 0.298 e. The fourth-order valence-electron chi connectivity index (χ4n) is 1.35. The number of alkyl halides is 1. The summed E-state index contributed by atoms with van der Waals surface area (Å²) < 4.78 is 15.5. The molecule has 2 atom stereocenters. The minimum Gasteiger partial charge on any atom is -0.487 e. The molecule has 0 aromatic heterocycles. The van der Waals surface area contributed by atoms with Gasteiger partial charge in [-0.15, -0.1) is 11.6 Å². The van der Waals surface area contributed by atoms with E-state index >= 15 is 0 Å². The lowest BCUT2D eigenvalue weighted by Crippen LogP contribution is -2.09. The summed E-state index contributed by atoms with van der Waals surface area (Å²) >= 11 is 5.60. The molecule has 0 spiro atoms. The largest absolute Gasteiger partial charge is 0.487 e. The molecule has 0 N–H and O–H groups in total. The van der Waals surface area contributed by atoms with Gasteiger partial charge in [0.15, 0.2) is 11.5 Å². The summed E-state index contributed by atoms with van der Waals surface area (Å²) in [4.78, 5) is 10.3. The van der Waals surface area contributed by atoms with E-state index in [0.717, 1.165) is 0 Å². The number of hydrogen-bond acceptors (Lipinski definition) is 4. The molecule has 2 unspecified atom stereocenters. The number of rotatable bonds is 6. The van der Waals surface area contributed by atoms with Gasteiger partial charge in [-0.25, -0.2) is 0 Å². The zero-order valence-corrected chi connectivity index (χ0v) is 9.22. The van der Waals surface area contributed by atoms with Crippen molar-refractivity contribution >= 4 is 18.1 Å². The van der Waals surface area contributed by atoms with E-state index in [1.165, 1.54) is 0 Å². The average Bonchev–Trinajstić information content (AvgIpc) is 3.07. The zero-order chi connectivity index (χ0) is 11.4. The van der Waals surface area contributed by atoms with Crippen LogP contribution in [0.15, 0.2) is 24.3 Å². The van der Waals surface area contributed by atoms with Crippen molar-refractivity contribution < 1.29 is 19.0 Å². The van der Waals surface area contributed by atoms with Gasteiger partial charge in [-0.1, -0.05) is 12.1 Å². The van der Waals surface area contributed by atoms with Crippen LogP contribution in [0.4, 0.5) is 0 Å². The molecule has 2 rings (SSSR count). The van der Waals surface area contributed by atoms with Gasteiger partial charge in [0.2, 0.25) is 0 Å². The first-order valence-corrected chi connectivity index (χ1v) is 5.42. The molecule has 16 heavy (non-hydrogen) atoms. The number of carbonyl (C=O) groups excluding carboxylic acids is 1. The normalized spacial score (nSPS) is 22.6. The van der Waals surface area contributed by atoms with E-state index in [1.54, 1.807) is 24.3 Å². The van der Waals surface area contributed by atoms with E-state index < -0.39 is 0 Å². The van der Waals surface area contributed by atoms with E-state index in [2.05, 4.69) is 0 Å². The van der Waals surface area contributed by atoms with E-state index in [-0.39, 0.29) is 12.2 Å². The van der Waals surface area contributed by atoms with Crippen LogP contribution < -0.4 is 9.47 Å². The fraction of sp³-hybridized carbons (Fsp3) is 0.364. The Hall–Kier alpha value is -1.26.